The molecule has 0 spiro atoms. The van der Waals surface area contributed by atoms with Gasteiger partial charge in [-0.25, -0.2) is 9.67 Å². The minimum absolute atomic E-state index is 0.0950. The molecule has 1 aliphatic heterocycles. The lowest BCUT2D eigenvalue weighted by Crippen LogP contribution is -2.36. The Hall–Kier alpha value is -2.94. The Balaban J connectivity index is 1.67. The van der Waals surface area contributed by atoms with E-state index in [1.165, 1.54) is 17.3 Å². The van der Waals surface area contributed by atoms with Gasteiger partial charge >= 0.3 is 0 Å². The van der Waals surface area contributed by atoms with Crippen LogP contribution in [0.2, 0.25) is 0 Å². The maximum absolute atomic E-state index is 12.3. The number of hydrogen-bond acceptors (Lipinski definition) is 6. The standard InChI is InChI=1S/C16H19N7O2/c1-21-12-3-2-4-13(22-5-7-25-8-6-22)15(12)16(20-21)19-14(24)9-23-11-17-10-18-23/h2-4,10-11H,5-9H2,1H3,(H,19,20,24). The van der Waals surface area contributed by atoms with E-state index in [9.17, 15) is 4.79 Å². The summed E-state index contributed by atoms with van der Waals surface area (Å²) in [6, 6.07) is 6.07. The van der Waals surface area contributed by atoms with E-state index in [0.717, 1.165) is 29.7 Å². The molecule has 0 aliphatic carbocycles. The van der Waals surface area contributed by atoms with E-state index < -0.39 is 0 Å². The number of aryl methyl sites for hydroxylation is 1. The van der Waals surface area contributed by atoms with Gasteiger partial charge in [0.2, 0.25) is 5.91 Å². The number of nitrogens with zero attached hydrogens (tertiary/aromatic N) is 6. The molecule has 9 heteroatoms. The number of ether oxygens (including phenoxy) is 1. The molecule has 3 aromatic rings. The van der Waals surface area contributed by atoms with Gasteiger partial charge in [-0.1, -0.05) is 6.07 Å². The first-order valence-electron chi connectivity index (χ1n) is 8.13. The predicted molar refractivity (Wildman–Crippen MR) is 92.4 cm³/mol. The van der Waals surface area contributed by atoms with E-state index in [4.69, 9.17) is 4.74 Å². The van der Waals surface area contributed by atoms with Crippen LogP contribution in [0.3, 0.4) is 0 Å². The van der Waals surface area contributed by atoms with Crippen molar-refractivity contribution >= 4 is 28.3 Å². The molecule has 130 valence electrons. The number of rotatable bonds is 4. The largest absolute Gasteiger partial charge is 0.378 e. The van der Waals surface area contributed by atoms with Gasteiger partial charge in [-0.2, -0.15) is 10.2 Å². The van der Waals surface area contributed by atoms with Crippen molar-refractivity contribution in [2.45, 2.75) is 6.54 Å². The molecule has 1 N–H and O–H groups in total. The quantitative estimate of drug-likeness (QED) is 0.749. The van der Waals surface area contributed by atoms with Crippen molar-refractivity contribution < 1.29 is 9.53 Å². The number of carbonyl (C=O) groups excluding carboxylic acids is 1. The lowest BCUT2D eigenvalue weighted by Gasteiger charge is -2.29. The van der Waals surface area contributed by atoms with Crippen LogP contribution in [0.5, 0.6) is 0 Å². The molecule has 4 rings (SSSR count). The molecule has 25 heavy (non-hydrogen) atoms. The SMILES string of the molecule is Cn1nc(NC(=O)Cn2cncn2)c2c(N3CCOCC3)cccc21. The summed E-state index contributed by atoms with van der Waals surface area (Å²) in [5, 5.41) is 12.3. The fourth-order valence-electron chi connectivity index (χ4n) is 3.08. The third-order valence-electron chi connectivity index (χ3n) is 4.24. The molecular weight excluding hydrogens is 322 g/mol. The Kier molecular flexibility index (Phi) is 4.06. The molecule has 1 aliphatic rings. The van der Waals surface area contributed by atoms with Crippen LogP contribution in [-0.2, 0) is 23.1 Å². The first-order valence-corrected chi connectivity index (χ1v) is 8.13. The van der Waals surface area contributed by atoms with Crippen molar-refractivity contribution in [3.05, 3.63) is 30.9 Å². The Morgan fingerprint density at radius 2 is 2.16 bits per heavy atom. The molecule has 0 atom stereocenters. The third-order valence-corrected chi connectivity index (χ3v) is 4.24. The van der Waals surface area contributed by atoms with E-state index in [1.807, 2.05) is 19.2 Å². The summed E-state index contributed by atoms with van der Waals surface area (Å²) in [6.07, 6.45) is 2.91. The lowest BCUT2D eigenvalue weighted by atomic mass is 10.1. The van der Waals surface area contributed by atoms with Crippen LogP contribution in [0, 0.1) is 0 Å². The first kappa shape index (κ1) is 15.6. The number of benzene rings is 1. The van der Waals surface area contributed by atoms with Crippen LogP contribution in [-0.4, -0.2) is 56.8 Å². The van der Waals surface area contributed by atoms with Crippen LogP contribution < -0.4 is 10.2 Å². The van der Waals surface area contributed by atoms with Crippen LogP contribution in [0.1, 0.15) is 0 Å². The van der Waals surface area contributed by atoms with Gasteiger partial charge in [0.25, 0.3) is 0 Å². The first-order chi connectivity index (χ1) is 12.2. The zero-order valence-corrected chi connectivity index (χ0v) is 13.9. The normalized spacial score (nSPS) is 14.8. The molecule has 2 aromatic heterocycles. The zero-order valence-electron chi connectivity index (χ0n) is 13.9. The van der Waals surface area contributed by atoms with Crippen LogP contribution in [0.25, 0.3) is 10.9 Å². The van der Waals surface area contributed by atoms with Gasteiger partial charge in [0.15, 0.2) is 5.82 Å². The minimum atomic E-state index is -0.192. The van der Waals surface area contributed by atoms with Crippen molar-refractivity contribution in [3.8, 4) is 0 Å². The molecular formula is C16H19N7O2. The highest BCUT2D eigenvalue weighted by Gasteiger charge is 2.20. The zero-order chi connectivity index (χ0) is 17.2. The number of aromatic nitrogens is 5. The van der Waals surface area contributed by atoms with Gasteiger partial charge in [0, 0.05) is 20.1 Å². The van der Waals surface area contributed by atoms with Crippen molar-refractivity contribution in [1.29, 1.82) is 0 Å². The Labute approximate surface area is 144 Å². The van der Waals surface area contributed by atoms with Crippen LogP contribution in [0.15, 0.2) is 30.9 Å². The summed E-state index contributed by atoms with van der Waals surface area (Å²) in [6.45, 7) is 3.13. The molecule has 1 saturated heterocycles. The average molecular weight is 341 g/mol. The van der Waals surface area contributed by atoms with Crippen LogP contribution in [0.4, 0.5) is 11.5 Å². The highest BCUT2D eigenvalue weighted by Crippen LogP contribution is 2.33. The molecule has 1 amide bonds. The summed E-state index contributed by atoms with van der Waals surface area (Å²) in [7, 11) is 1.87. The third kappa shape index (κ3) is 3.05. The van der Waals surface area contributed by atoms with Crippen molar-refractivity contribution in [3.63, 3.8) is 0 Å². The van der Waals surface area contributed by atoms with E-state index in [0.29, 0.717) is 19.0 Å². The van der Waals surface area contributed by atoms with E-state index in [-0.39, 0.29) is 12.5 Å². The second kappa shape index (κ2) is 6.52. The Morgan fingerprint density at radius 1 is 1.32 bits per heavy atom. The summed E-state index contributed by atoms with van der Waals surface area (Å²) >= 11 is 0. The second-order valence-electron chi connectivity index (χ2n) is 5.88. The number of fused-ring (bicyclic) bond motifs is 1. The second-order valence-corrected chi connectivity index (χ2v) is 5.88. The van der Waals surface area contributed by atoms with Crippen molar-refractivity contribution in [2.75, 3.05) is 36.5 Å². The fraction of sp³-hybridized carbons (Fsp3) is 0.375. The van der Waals surface area contributed by atoms with Gasteiger partial charge in [-0.05, 0) is 12.1 Å². The molecule has 1 fully saturated rings. The number of amides is 1. The van der Waals surface area contributed by atoms with Crippen molar-refractivity contribution in [1.82, 2.24) is 24.5 Å². The lowest BCUT2D eigenvalue weighted by molar-refractivity contribution is -0.116. The highest BCUT2D eigenvalue weighted by molar-refractivity contribution is 6.06. The summed E-state index contributed by atoms with van der Waals surface area (Å²) in [5.41, 5.74) is 2.03. The van der Waals surface area contributed by atoms with E-state index >= 15 is 0 Å². The molecule has 0 saturated carbocycles. The van der Waals surface area contributed by atoms with Crippen LogP contribution >= 0.6 is 0 Å². The van der Waals surface area contributed by atoms with Gasteiger partial charge in [0.05, 0.1) is 29.8 Å². The van der Waals surface area contributed by atoms with Gasteiger partial charge in [-0.15, -0.1) is 0 Å². The molecule has 1 aromatic carbocycles. The summed E-state index contributed by atoms with van der Waals surface area (Å²) in [4.78, 5) is 18.4. The van der Waals surface area contributed by atoms with E-state index in [1.54, 1.807) is 4.68 Å². The Bertz CT molecular complexity index is 881. The molecule has 0 radical (unpaired) electrons. The van der Waals surface area contributed by atoms with Gasteiger partial charge in [-0.3, -0.25) is 9.48 Å². The highest BCUT2D eigenvalue weighted by atomic mass is 16.5. The molecule has 0 bridgehead atoms. The number of nitrogens with one attached hydrogen (secondary N) is 1. The monoisotopic (exact) mass is 341 g/mol. The molecule has 9 nitrogen and oxygen atoms in total. The predicted octanol–water partition coefficient (Wildman–Crippen LogP) is 0.640. The maximum Gasteiger partial charge on any atom is 0.247 e. The van der Waals surface area contributed by atoms with E-state index in [2.05, 4.69) is 31.5 Å². The smallest absolute Gasteiger partial charge is 0.247 e. The summed E-state index contributed by atoms with van der Waals surface area (Å²) < 4.78 is 8.70. The number of hydrogen-bond donors (Lipinski definition) is 1. The fourth-order valence-corrected chi connectivity index (χ4v) is 3.08. The number of carbonyl (C=O) groups is 1. The average Bonchev–Trinajstić information content (AvgIpc) is 3.24. The molecule has 0 unspecified atom stereocenters. The summed E-state index contributed by atoms with van der Waals surface area (Å²) in [5.74, 6) is 0.368. The minimum Gasteiger partial charge on any atom is -0.378 e. The Morgan fingerprint density at radius 3 is 2.92 bits per heavy atom. The van der Waals surface area contributed by atoms with Crippen molar-refractivity contribution in [2.24, 2.45) is 7.05 Å². The number of morpholine rings is 1. The topological polar surface area (TPSA) is 90.1 Å². The van der Waals surface area contributed by atoms with Gasteiger partial charge < -0.3 is 15.0 Å². The van der Waals surface area contributed by atoms with Gasteiger partial charge in [0.1, 0.15) is 19.2 Å². The number of anilines is 2. The molecule has 3 heterocycles. The maximum atomic E-state index is 12.3.